The number of imidazole rings is 1. The van der Waals surface area contributed by atoms with E-state index in [0.29, 0.717) is 24.3 Å². The van der Waals surface area contributed by atoms with E-state index in [-0.39, 0.29) is 23.6 Å². The van der Waals surface area contributed by atoms with Crippen molar-refractivity contribution in [2.24, 2.45) is 0 Å². The number of carbonyl (C=O) groups is 2. The van der Waals surface area contributed by atoms with E-state index in [9.17, 15) is 31.1 Å². The maximum Gasteiger partial charge on any atom is 0.573 e. The molecule has 2 aliphatic heterocycles. The summed E-state index contributed by atoms with van der Waals surface area (Å²) in [5, 5.41) is 10.5. The number of nitrogens with zero attached hydrogens (tertiary/aromatic N) is 3. The predicted octanol–water partition coefficient (Wildman–Crippen LogP) is 4.54. The number of fused-ring (bicyclic) bond motifs is 1. The van der Waals surface area contributed by atoms with Crippen molar-refractivity contribution in [3.63, 3.8) is 0 Å². The molecule has 0 spiro atoms. The smallest absolute Gasteiger partial charge is 0.475 e. The Morgan fingerprint density at radius 2 is 1.62 bits per heavy atom. The number of rotatable bonds is 4. The number of H-pyrrole nitrogens is 1. The minimum absolute atomic E-state index is 0.193. The third-order valence-electron chi connectivity index (χ3n) is 6.40. The molecule has 0 radical (unpaired) electrons. The molecule has 15 heteroatoms. The molecule has 0 saturated carbocycles. The fraction of sp³-hybridized carbons (Fsp3) is 0.417. The summed E-state index contributed by atoms with van der Waals surface area (Å²) in [5.41, 5.74) is 3.18. The Bertz CT molecular complexity index is 1310. The normalized spacial score (nSPS) is 18.2. The number of aromatic amines is 1. The highest BCUT2D eigenvalue weighted by atomic mass is 19.4. The zero-order chi connectivity index (χ0) is 28.4. The standard InChI is InChI=1S/C22H22F3N5O2.C2HF3O2/c23-22(24,25)32-15-3-1-14(2-4-15)21(31)30-11-7-13(8-12-30)16-5-9-27-20-18(16)28-19(29-20)17-6-10-26-17;3-2(4,5)1(6)7/h1-5,9,13,17,26H,6-8,10-12H2,(H,27,28,29);(H,6,7)/t17-;/m0./s1. The number of pyridine rings is 1. The molecular formula is C24H23F6N5O4. The maximum atomic E-state index is 12.8. The van der Waals surface area contributed by atoms with Crippen LogP contribution in [0.5, 0.6) is 5.75 Å². The summed E-state index contributed by atoms with van der Waals surface area (Å²) in [6.45, 7) is 2.13. The van der Waals surface area contributed by atoms with Gasteiger partial charge in [-0.05, 0) is 67.6 Å². The number of ether oxygens (including phenoxy) is 1. The van der Waals surface area contributed by atoms with Crippen LogP contribution in [0, 0.1) is 0 Å². The van der Waals surface area contributed by atoms with Gasteiger partial charge >= 0.3 is 18.5 Å². The zero-order valence-electron chi connectivity index (χ0n) is 20.1. The molecule has 3 aromatic rings. The molecule has 1 atom stereocenters. The second-order valence-electron chi connectivity index (χ2n) is 8.96. The predicted molar refractivity (Wildman–Crippen MR) is 124 cm³/mol. The highest BCUT2D eigenvalue weighted by Gasteiger charge is 2.38. The van der Waals surface area contributed by atoms with Gasteiger partial charge in [0.25, 0.3) is 5.91 Å². The Morgan fingerprint density at radius 3 is 2.13 bits per heavy atom. The Morgan fingerprint density at radius 1 is 1.00 bits per heavy atom. The Kier molecular flexibility index (Phi) is 7.99. The maximum absolute atomic E-state index is 12.8. The van der Waals surface area contributed by atoms with Gasteiger partial charge in [-0.2, -0.15) is 13.2 Å². The van der Waals surface area contributed by atoms with Gasteiger partial charge in [0.1, 0.15) is 11.6 Å². The van der Waals surface area contributed by atoms with Crippen LogP contribution in [-0.2, 0) is 4.79 Å². The number of nitrogens with one attached hydrogen (secondary N) is 2. The van der Waals surface area contributed by atoms with Crippen LogP contribution in [0.2, 0.25) is 0 Å². The molecule has 0 aliphatic carbocycles. The van der Waals surface area contributed by atoms with Crippen LogP contribution in [0.1, 0.15) is 53.0 Å². The lowest BCUT2D eigenvalue weighted by Gasteiger charge is -2.32. The molecule has 5 rings (SSSR count). The number of amides is 1. The molecule has 2 saturated heterocycles. The summed E-state index contributed by atoms with van der Waals surface area (Å²) >= 11 is 0. The Balaban J connectivity index is 0.000000448. The number of aromatic nitrogens is 3. The summed E-state index contributed by atoms with van der Waals surface area (Å²) in [5.74, 6) is -2.11. The summed E-state index contributed by atoms with van der Waals surface area (Å²) in [6, 6.07) is 7.32. The molecule has 1 amide bonds. The van der Waals surface area contributed by atoms with E-state index in [2.05, 4.69) is 25.0 Å². The first-order valence-corrected chi connectivity index (χ1v) is 11.8. The Hall–Kier alpha value is -3.88. The fourth-order valence-electron chi connectivity index (χ4n) is 4.35. The number of likely N-dealkylation sites (tertiary alicyclic amines) is 1. The van der Waals surface area contributed by atoms with Gasteiger partial charge in [-0.15, -0.1) is 13.2 Å². The van der Waals surface area contributed by atoms with Crippen molar-refractivity contribution in [3.05, 3.63) is 53.5 Å². The van der Waals surface area contributed by atoms with Crippen LogP contribution in [-0.4, -0.2) is 69.0 Å². The lowest BCUT2D eigenvalue weighted by molar-refractivity contribution is -0.274. The number of carbonyl (C=O) groups excluding carboxylic acids is 1. The molecule has 3 N–H and O–H groups in total. The number of halogens is 6. The highest BCUT2D eigenvalue weighted by molar-refractivity contribution is 5.94. The minimum atomic E-state index is -5.08. The number of alkyl halides is 6. The third kappa shape index (κ3) is 6.96. The first kappa shape index (κ1) is 28.1. The van der Waals surface area contributed by atoms with Crippen molar-refractivity contribution in [2.45, 2.75) is 43.8 Å². The van der Waals surface area contributed by atoms with Gasteiger partial charge in [0.15, 0.2) is 5.65 Å². The van der Waals surface area contributed by atoms with Gasteiger partial charge in [-0.1, -0.05) is 0 Å². The van der Waals surface area contributed by atoms with Gasteiger partial charge in [0.2, 0.25) is 0 Å². The van der Waals surface area contributed by atoms with Crippen molar-refractivity contribution in [3.8, 4) is 5.75 Å². The molecular weight excluding hydrogens is 536 g/mol. The third-order valence-corrected chi connectivity index (χ3v) is 6.40. The number of carboxylic acid groups (broad SMARTS) is 1. The second-order valence-corrected chi connectivity index (χ2v) is 8.96. The van der Waals surface area contributed by atoms with Crippen LogP contribution in [0.3, 0.4) is 0 Å². The summed E-state index contributed by atoms with van der Waals surface area (Å²) in [7, 11) is 0. The molecule has 1 aromatic carbocycles. The van der Waals surface area contributed by atoms with Crippen molar-refractivity contribution in [2.75, 3.05) is 19.6 Å². The monoisotopic (exact) mass is 559 g/mol. The molecule has 0 bridgehead atoms. The molecule has 0 unspecified atom stereocenters. The SMILES string of the molecule is O=C(O)C(F)(F)F.O=C(c1ccc(OC(F)(F)F)cc1)N1CCC(c2ccnc3nc([C@@H]4CCN4)[nH]c23)CC1. The average molecular weight is 559 g/mol. The summed E-state index contributed by atoms with van der Waals surface area (Å²) < 4.78 is 72.6. The first-order chi connectivity index (χ1) is 18.3. The van der Waals surface area contributed by atoms with Crippen molar-refractivity contribution in [1.82, 2.24) is 25.2 Å². The largest absolute Gasteiger partial charge is 0.573 e. The molecule has 210 valence electrons. The quantitative estimate of drug-likeness (QED) is 0.402. The fourth-order valence-corrected chi connectivity index (χ4v) is 4.35. The second kappa shape index (κ2) is 11.1. The van der Waals surface area contributed by atoms with Gasteiger partial charge in [0.05, 0.1) is 11.6 Å². The van der Waals surface area contributed by atoms with Gasteiger partial charge < -0.3 is 25.0 Å². The van der Waals surface area contributed by atoms with Crippen LogP contribution < -0.4 is 10.1 Å². The molecule has 2 fully saturated rings. The van der Waals surface area contributed by atoms with E-state index in [0.717, 1.165) is 54.8 Å². The molecule has 9 nitrogen and oxygen atoms in total. The van der Waals surface area contributed by atoms with Crippen molar-refractivity contribution >= 4 is 23.0 Å². The topological polar surface area (TPSA) is 120 Å². The van der Waals surface area contributed by atoms with Gasteiger partial charge in [0, 0.05) is 24.8 Å². The number of aliphatic carboxylic acids is 1. The molecule has 2 aliphatic rings. The first-order valence-electron chi connectivity index (χ1n) is 11.8. The number of hydrogen-bond acceptors (Lipinski definition) is 6. The van der Waals surface area contributed by atoms with Crippen LogP contribution in [0.15, 0.2) is 36.5 Å². The van der Waals surface area contributed by atoms with E-state index in [1.54, 1.807) is 11.1 Å². The van der Waals surface area contributed by atoms with E-state index in [1.165, 1.54) is 12.1 Å². The average Bonchev–Trinajstić information content (AvgIpc) is 3.25. The molecule has 39 heavy (non-hydrogen) atoms. The van der Waals surface area contributed by atoms with Crippen LogP contribution >= 0.6 is 0 Å². The number of benzene rings is 1. The minimum Gasteiger partial charge on any atom is -0.475 e. The number of piperidine rings is 1. The highest BCUT2D eigenvalue weighted by Crippen LogP contribution is 2.33. The lowest BCUT2D eigenvalue weighted by Crippen LogP contribution is -2.38. The summed E-state index contributed by atoms with van der Waals surface area (Å²) in [6.07, 6.45) is -5.43. The summed E-state index contributed by atoms with van der Waals surface area (Å²) in [4.78, 5) is 35.9. The van der Waals surface area contributed by atoms with E-state index < -0.39 is 18.5 Å². The number of hydrogen-bond donors (Lipinski definition) is 3. The van der Waals surface area contributed by atoms with Crippen molar-refractivity contribution in [1.29, 1.82) is 0 Å². The number of carboxylic acids is 1. The van der Waals surface area contributed by atoms with E-state index in [1.807, 2.05) is 6.07 Å². The van der Waals surface area contributed by atoms with Gasteiger partial charge in [-0.25, -0.2) is 14.8 Å². The van der Waals surface area contributed by atoms with Crippen molar-refractivity contribution < 1.29 is 45.8 Å². The van der Waals surface area contributed by atoms with E-state index >= 15 is 0 Å². The van der Waals surface area contributed by atoms with Crippen LogP contribution in [0.25, 0.3) is 11.2 Å². The molecule has 2 aromatic heterocycles. The lowest BCUT2D eigenvalue weighted by atomic mass is 9.89. The zero-order valence-corrected chi connectivity index (χ0v) is 20.1. The Labute approximate surface area is 217 Å². The van der Waals surface area contributed by atoms with E-state index in [4.69, 9.17) is 9.90 Å². The molecule has 4 heterocycles. The van der Waals surface area contributed by atoms with Gasteiger partial charge in [-0.3, -0.25) is 4.79 Å². The van der Waals surface area contributed by atoms with Crippen LogP contribution in [0.4, 0.5) is 26.3 Å².